The molecule has 0 aliphatic rings. The summed E-state index contributed by atoms with van der Waals surface area (Å²) in [7, 11) is 0. The molecule has 0 aliphatic carbocycles. The highest BCUT2D eigenvalue weighted by Crippen LogP contribution is 2.29. The molecule has 0 aromatic heterocycles. The van der Waals surface area contributed by atoms with Crippen LogP contribution in [0.1, 0.15) is 29.7 Å². The number of nitrogens with one attached hydrogen (secondary N) is 1. The van der Waals surface area contributed by atoms with E-state index in [4.69, 9.17) is 11.6 Å². The summed E-state index contributed by atoms with van der Waals surface area (Å²) in [6.45, 7) is 4.73. The Bertz CT molecular complexity index is 595. The van der Waals surface area contributed by atoms with Gasteiger partial charge in [0.25, 0.3) is 0 Å². The zero-order chi connectivity index (χ0) is 14.7. The zero-order valence-corrected chi connectivity index (χ0v) is 14.3. The molecule has 20 heavy (non-hydrogen) atoms. The molecule has 1 unspecified atom stereocenters. The molecule has 0 radical (unpaired) electrons. The van der Waals surface area contributed by atoms with E-state index in [9.17, 15) is 4.39 Å². The van der Waals surface area contributed by atoms with E-state index in [0.29, 0.717) is 5.02 Å². The molecule has 2 aromatic rings. The fraction of sp³-hybridized carbons (Fsp3) is 0.250. The van der Waals surface area contributed by atoms with Crippen LogP contribution in [0.2, 0.25) is 5.02 Å². The van der Waals surface area contributed by atoms with E-state index < -0.39 is 0 Å². The lowest BCUT2D eigenvalue weighted by Gasteiger charge is -2.21. The Morgan fingerprint density at radius 2 is 2.00 bits per heavy atom. The van der Waals surface area contributed by atoms with Crippen LogP contribution in [-0.4, -0.2) is 6.54 Å². The molecule has 0 bridgehead atoms. The van der Waals surface area contributed by atoms with Crippen LogP contribution in [0.5, 0.6) is 0 Å². The van der Waals surface area contributed by atoms with E-state index in [-0.39, 0.29) is 11.9 Å². The molecule has 0 aliphatic heterocycles. The van der Waals surface area contributed by atoms with Crippen LogP contribution in [0.4, 0.5) is 4.39 Å². The second-order valence-electron chi connectivity index (χ2n) is 4.72. The summed E-state index contributed by atoms with van der Waals surface area (Å²) in [5.74, 6) is -0.208. The molecule has 1 atom stereocenters. The van der Waals surface area contributed by atoms with Crippen molar-refractivity contribution in [3.05, 3.63) is 67.5 Å². The molecule has 0 saturated carbocycles. The molecule has 0 fully saturated rings. The smallest absolute Gasteiger partial charge is 0.123 e. The van der Waals surface area contributed by atoms with Crippen LogP contribution in [-0.2, 0) is 0 Å². The fourth-order valence-corrected chi connectivity index (χ4v) is 3.11. The van der Waals surface area contributed by atoms with Crippen molar-refractivity contribution in [2.75, 3.05) is 6.54 Å². The third-order valence-electron chi connectivity index (χ3n) is 3.08. The maximum atomic E-state index is 13.7. The lowest BCUT2D eigenvalue weighted by molar-refractivity contribution is 0.601. The number of rotatable bonds is 4. The van der Waals surface area contributed by atoms with Gasteiger partial charge in [-0.3, -0.25) is 0 Å². The molecule has 0 spiro atoms. The van der Waals surface area contributed by atoms with E-state index in [1.54, 1.807) is 6.07 Å². The highest BCUT2D eigenvalue weighted by Gasteiger charge is 2.17. The van der Waals surface area contributed by atoms with Gasteiger partial charge in [-0.2, -0.15) is 0 Å². The zero-order valence-electron chi connectivity index (χ0n) is 11.4. The first kappa shape index (κ1) is 15.7. The van der Waals surface area contributed by atoms with Crippen molar-refractivity contribution in [2.24, 2.45) is 0 Å². The minimum Gasteiger partial charge on any atom is -0.306 e. The summed E-state index contributed by atoms with van der Waals surface area (Å²) in [6, 6.07) is 10.9. The van der Waals surface area contributed by atoms with Crippen molar-refractivity contribution in [3.8, 4) is 0 Å². The molecule has 2 rings (SSSR count). The predicted octanol–water partition coefficient (Wildman–Crippen LogP) is 5.09. The first-order chi connectivity index (χ1) is 9.51. The molecule has 0 heterocycles. The van der Waals surface area contributed by atoms with E-state index in [1.807, 2.05) is 38.1 Å². The van der Waals surface area contributed by atoms with E-state index in [1.165, 1.54) is 6.07 Å². The minimum absolute atomic E-state index is 0.0556. The van der Waals surface area contributed by atoms with Gasteiger partial charge in [-0.15, -0.1) is 0 Å². The van der Waals surface area contributed by atoms with Gasteiger partial charge in [-0.25, -0.2) is 4.39 Å². The fourth-order valence-electron chi connectivity index (χ4n) is 2.28. The van der Waals surface area contributed by atoms with Crippen molar-refractivity contribution in [3.63, 3.8) is 0 Å². The molecular weight excluding hydrogens is 388 g/mol. The van der Waals surface area contributed by atoms with Crippen molar-refractivity contribution >= 4 is 34.2 Å². The van der Waals surface area contributed by atoms with E-state index in [0.717, 1.165) is 26.8 Å². The summed E-state index contributed by atoms with van der Waals surface area (Å²) in [5.41, 5.74) is 2.91. The average Bonchev–Trinajstić information content (AvgIpc) is 2.38. The molecule has 1 N–H and O–H groups in total. The topological polar surface area (TPSA) is 12.0 Å². The number of aryl methyl sites for hydroxylation is 1. The number of benzene rings is 2. The number of hydrogen-bond acceptors (Lipinski definition) is 1. The molecule has 0 amide bonds. The van der Waals surface area contributed by atoms with Crippen molar-refractivity contribution in [2.45, 2.75) is 19.9 Å². The van der Waals surface area contributed by atoms with Crippen LogP contribution in [0.25, 0.3) is 0 Å². The highest BCUT2D eigenvalue weighted by molar-refractivity contribution is 14.1. The predicted molar refractivity (Wildman–Crippen MR) is 90.8 cm³/mol. The first-order valence-corrected chi connectivity index (χ1v) is 7.92. The van der Waals surface area contributed by atoms with Gasteiger partial charge in [0, 0.05) is 8.59 Å². The van der Waals surface area contributed by atoms with Crippen LogP contribution >= 0.6 is 34.2 Å². The quantitative estimate of drug-likeness (QED) is 0.701. The standard InChI is InChI=1S/C16H16ClFIN/c1-3-20-16(11-6-10(2)7-13(18)8-11)14-9-12(17)4-5-15(14)19/h4-9,16,20H,3H2,1-2H3. The Morgan fingerprint density at radius 3 is 2.65 bits per heavy atom. The van der Waals surface area contributed by atoms with Gasteiger partial charge >= 0.3 is 0 Å². The van der Waals surface area contributed by atoms with E-state index >= 15 is 0 Å². The molecule has 2 aromatic carbocycles. The molecular formula is C16H16ClFIN. The summed E-state index contributed by atoms with van der Waals surface area (Å²) >= 11 is 8.39. The van der Waals surface area contributed by atoms with Gasteiger partial charge in [-0.1, -0.05) is 24.6 Å². The maximum Gasteiger partial charge on any atom is 0.123 e. The monoisotopic (exact) mass is 403 g/mol. The van der Waals surface area contributed by atoms with Gasteiger partial charge < -0.3 is 5.32 Å². The Morgan fingerprint density at radius 1 is 1.25 bits per heavy atom. The number of halogens is 3. The molecule has 0 saturated heterocycles. The Labute approximate surface area is 137 Å². The van der Waals surface area contributed by atoms with E-state index in [2.05, 4.69) is 27.9 Å². The second kappa shape index (κ2) is 6.87. The van der Waals surface area contributed by atoms with Gasteiger partial charge in [-0.05, 0) is 83.1 Å². The van der Waals surface area contributed by atoms with Crippen LogP contribution in [0.3, 0.4) is 0 Å². The Kier molecular flexibility index (Phi) is 5.41. The van der Waals surface area contributed by atoms with Gasteiger partial charge in [0.2, 0.25) is 0 Å². The maximum absolute atomic E-state index is 13.7. The van der Waals surface area contributed by atoms with Crippen LogP contribution in [0.15, 0.2) is 36.4 Å². The summed E-state index contributed by atoms with van der Waals surface area (Å²) in [4.78, 5) is 0. The van der Waals surface area contributed by atoms with Crippen molar-refractivity contribution in [1.29, 1.82) is 0 Å². The lowest BCUT2D eigenvalue weighted by Crippen LogP contribution is -2.23. The van der Waals surface area contributed by atoms with Crippen LogP contribution < -0.4 is 5.32 Å². The minimum atomic E-state index is -0.208. The largest absolute Gasteiger partial charge is 0.306 e. The molecule has 1 nitrogen and oxygen atoms in total. The van der Waals surface area contributed by atoms with Gasteiger partial charge in [0.05, 0.1) is 6.04 Å². The van der Waals surface area contributed by atoms with Gasteiger partial charge in [0.15, 0.2) is 0 Å². The van der Waals surface area contributed by atoms with Crippen molar-refractivity contribution < 1.29 is 4.39 Å². The highest BCUT2D eigenvalue weighted by atomic mass is 127. The van der Waals surface area contributed by atoms with Gasteiger partial charge in [0.1, 0.15) is 5.82 Å². The number of hydrogen-bond donors (Lipinski definition) is 1. The summed E-state index contributed by atoms with van der Waals surface area (Å²) in [6.07, 6.45) is 0. The molecule has 4 heteroatoms. The SMILES string of the molecule is CCNC(c1cc(C)cc(F)c1)c1cc(Cl)ccc1I. The van der Waals surface area contributed by atoms with Crippen molar-refractivity contribution in [1.82, 2.24) is 5.32 Å². The second-order valence-corrected chi connectivity index (χ2v) is 6.32. The Hall–Kier alpha value is -0.650. The molecule has 106 valence electrons. The third kappa shape index (κ3) is 3.71. The third-order valence-corrected chi connectivity index (χ3v) is 4.29. The summed E-state index contributed by atoms with van der Waals surface area (Å²) in [5, 5.41) is 4.10. The first-order valence-electron chi connectivity index (χ1n) is 6.46. The average molecular weight is 404 g/mol. The van der Waals surface area contributed by atoms with Crippen LogP contribution in [0, 0.1) is 16.3 Å². The normalized spacial score (nSPS) is 12.4. The lowest BCUT2D eigenvalue weighted by atomic mass is 9.97. The summed E-state index contributed by atoms with van der Waals surface area (Å²) < 4.78 is 14.8. The Balaban J connectivity index is 2.52.